The van der Waals surface area contributed by atoms with E-state index in [1.165, 1.54) is 10.6 Å². The number of aromatic nitrogens is 1. The van der Waals surface area contributed by atoms with Crippen LogP contribution < -0.4 is 14.8 Å². The first-order valence-electron chi connectivity index (χ1n) is 7.22. The average molecular weight is 306 g/mol. The molecule has 1 heterocycles. The molecule has 0 spiro atoms. The molecule has 0 radical (unpaired) electrons. The van der Waals surface area contributed by atoms with Crippen LogP contribution in [0.5, 0.6) is 11.5 Å². The second kappa shape index (κ2) is 8.00. The Bertz CT molecular complexity index is 569. The van der Waals surface area contributed by atoms with Crippen LogP contribution >= 0.6 is 11.3 Å². The van der Waals surface area contributed by atoms with E-state index in [0.29, 0.717) is 6.61 Å². The third-order valence-corrected chi connectivity index (χ3v) is 4.18. The van der Waals surface area contributed by atoms with Crippen molar-refractivity contribution in [1.29, 1.82) is 0 Å². The van der Waals surface area contributed by atoms with E-state index in [1.54, 1.807) is 18.4 Å². The summed E-state index contributed by atoms with van der Waals surface area (Å²) in [5.41, 5.74) is 1.17. The molecule has 1 aromatic carbocycles. The zero-order chi connectivity index (χ0) is 15.1. The number of methoxy groups -OCH3 is 1. The van der Waals surface area contributed by atoms with Crippen molar-refractivity contribution in [2.75, 3.05) is 13.7 Å². The highest BCUT2D eigenvalue weighted by molar-refractivity contribution is 7.11. The molecular formula is C16H22N2O2S. The Balaban J connectivity index is 2.04. The normalized spacial score (nSPS) is 10.6. The lowest BCUT2D eigenvalue weighted by Crippen LogP contribution is -2.11. The van der Waals surface area contributed by atoms with Gasteiger partial charge in [-0.05, 0) is 25.1 Å². The lowest BCUT2D eigenvalue weighted by Gasteiger charge is -2.08. The minimum absolute atomic E-state index is 0.476. The Labute approximate surface area is 130 Å². The number of nitrogens with zero attached hydrogens (tertiary/aromatic N) is 1. The molecule has 4 nitrogen and oxygen atoms in total. The second-order valence-electron chi connectivity index (χ2n) is 4.55. The summed E-state index contributed by atoms with van der Waals surface area (Å²) in [7, 11) is 1.65. The van der Waals surface area contributed by atoms with Gasteiger partial charge in [-0.15, -0.1) is 11.3 Å². The average Bonchev–Trinajstić information content (AvgIpc) is 2.93. The number of thiazole rings is 1. The number of hydrogen-bond acceptors (Lipinski definition) is 5. The van der Waals surface area contributed by atoms with Gasteiger partial charge in [0.15, 0.2) is 11.5 Å². The number of hydrogen-bond donors (Lipinski definition) is 1. The monoisotopic (exact) mass is 306 g/mol. The summed E-state index contributed by atoms with van der Waals surface area (Å²) in [5, 5.41) is 4.36. The van der Waals surface area contributed by atoms with Crippen LogP contribution in [-0.4, -0.2) is 18.6 Å². The summed E-state index contributed by atoms with van der Waals surface area (Å²) < 4.78 is 11.1. The SMILES string of the molecule is CCNCc1sc(COc2ccccc2OC)nc1CC. The maximum atomic E-state index is 5.83. The fourth-order valence-corrected chi connectivity index (χ4v) is 3.07. The number of aryl methyl sites for hydroxylation is 1. The van der Waals surface area contributed by atoms with Gasteiger partial charge in [-0.2, -0.15) is 0 Å². The van der Waals surface area contributed by atoms with E-state index in [1.807, 2.05) is 24.3 Å². The molecule has 0 bridgehead atoms. The zero-order valence-electron chi connectivity index (χ0n) is 12.8. The lowest BCUT2D eigenvalue weighted by molar-refractivity contribution is 0.284. The minimum atomic E-state index is 0.476. The maximum Gasteiger partial charge on any atom is 0.161 e. The van der Waals surface area contributed by atoms with Crippen molar-refractivity contribution < 1.29 is 9.47 Å². The van der Waals surface area contributed by atoms with Crippen molar-refractivity contribution in [3.8, 4) is 11.5 Å². The predicted octanol–water partition coefficient (Wildman–Crippen LogP) is 3.40. The number of benzene rings is 1. The number of nitrogens with one attached hydrogen (secondary N) is 1. The molecule has 114 valence electrons. The molecule has 0 saturated heterocycles. The maximum absolute atomic E-state index is 5.83. The smallest absolute Gasteiger partial charge is 0.161 e. The van der Waals surface area contributed by atoms with E-state index in [9.17, 15) is 0 Å². The van der Waals surface area contributed by atoms with Gasteiger partial charge in [0.1, 0.15) is 11.6 Å². The van der Waals surface area contributed by atoms with Crippen LogP contribution in [0.1, 0.15) is 29.4 Å². The van der Waals surface area contributed by atoms with Crippen molar-refractivity contribution in [2.45, 2.75) is 33.4 Å². The summed E-state index contributed by atoms with van der Waals surface area (Å²) in [5.74, 6) is 1.50. The van der Waals surface area contributed by atoms with Crippen molar-refractivity contribution >= 4 is 11.3 Å². The summed E-state index contributed by atoms with van der Waals surface area (Å²) in [6, 6.07) is 7.67. The zero-order valence-corrected chi connectivity index (χ0v) is 13.6. The van der Waals surface area contributed by atoms with Crippen molar-refractivity contribution in [3.05, 3.63) is 39.8 Å². The van der Waals surface area contributed by atoms with Crippen molar-refractivity contribution in [1.82, 2.24) is 10.3 Å². The summed E-state index contributed by atoms with van der Waals surface area (Å²) in [6.45, 7) is 6.57. The molecule has 0 amide bonds. The van der Waals surface area contributed by atoms with Gasteiger partial charge >= 0.3 is 0 Å². The van der Waals surface area contributed by atoms with Crippen LogP contribution in [0, 0.1) is 0 Å². The second-order valence-corrected chi connectivity index (χ2v) is 5.72. The Morgan fingerprint density at radius 2 is 1.95 bits per heavy atom. The molecule has 2 rings (SSSR count). The largest absolute Gasteiger partial charge is 0.493 e. The minimum Gasteiger partial charge on any atom is -0.493 e. The Hall–Kier alpha value is -1.59. The highest BCUT2D eigenvalue weighted by Gasteiger charge is 2.11. The molecule has 0 aliphatic carbocycles. The van der Waals surface area contributed by atoms with Gasteiger partial charge in [0.25, 0.3) is 0 Å². The Kier molecular flexibility index (Phi) is 6.02. The van der Waals surface area contributed by atoms with Gasteiger partial charge in [0.2, 0.25) is 0 Å². The summed E-state index contributed by atoms with van der Waals surface area (Å²) in [4.78, 5) is 5.97. The van der Waals surface area contributed by atoms with E-state index < -0.39 is 0 Å². The third-order valence-electron chi connectivity index (χ3n) is 3.11. The molecule has 1 aromatic heterocycles. The molecule has 0 saturated carbocycles. The van der Waals surface area contributed by atoms with Gasteiger partial charge in [0.05, 0.1) is 12.8 Å². The van der Waals surface area contributed by atoms with Crippen LogP contribution in [0.2, 0.25) is 0 Å². The Morgan fingerprint density at radius 1 is 1.19 bits per heavy atom. The summed E-state index contributed by atoms with van der Waals surface area (Å²) in [6.07, 6.45) is 0.950. The Morgan fingerprint density at radius 3 is 2.62 bits per heavy atom. The molecule has 0 fully saturated rings. The number of para-hydroxylation sites is 2. The van der Waals surface area contributed by atoms with E-state index in [-0.39, 0.29) is 0 Å². The lowest BCUT2D eigenvalue weighted by atomic mass is 10.3. The standard InChI is InChI=1S/C16H22N2O2S/c1-4-12-15(10-17-5-2)21-16(18-12)11-20-14-9-7-6-8-13(14)19-3/h6-9,17H,4-5,10-11H2,1-3H3. The molecule has 0 aliphatic rings. The van der Waals surface area contributed by atoms with Crippen LogP contribution in [0.4, 0.5) is 0 Å². The van der Waals surface area contributed by atoms with E-state index in [0.717, 1.165) is 36.0 Å². The first kappa shape index (κ1) is 15.8. The van der Waals surface area contributed by atoms with Gasteiger partial charge < -0.3 is 14.8 Å². The number of rotatable bonds is 8. The van der Waals surface area contributed by atoms with Crippen LogP contribution in [-0.2, 0) is 19.6 Å². The van der Waals surface area contributed by atoms with Gasteiger partial charge in [-0.25, -0.2) is 4.98 Å². The number of ether oxygens (including phenoxy) is 2. The summed E-state index contributed by atoms with van der Waals surface area (Å²) >= 11 is 1.72. The van der Waals surface area contributed by atoms with E-state index in [2.05, 4.69) is 24.1 Å². The van der Waals surface area contributed by atoms with Gasteiger partial charge in [-0.1, -0.05) is 26.0 Å². The molecule has 21 heavy (non-hydrogen) atoms. The molecule has 0 atom stereocenters. The molecule has 0 unspecified atom stereocenters. The van der Waals surface area contributed by atoms with Gasteiger partial charge in [0, 0.05) is 11.4 Å². The molecule has 1 N–H and O–H groups in total. The van der Waals surface area contributed by atoms with E-state index in [4.69, 9.17) is 9.47 Å². The highest BCUT2D eigenvalue weighted by Crippen LogP contribution is 2.27. The van der Waals surface area contributed by atoms with Crippen LogP contribution in [0.3, 0.4) is 0 Å². The molecular weight excluding hydrogens is 284 g/mol. The van der Waals surface area contributed by atoms with Crippen molar-refractivity contribution in [3.63, 3.8) is 0 Å². The topological polar surface area (TPSA) is 43.4 Å². The first-order chi connectivity index (χ1) is 10.3. The third kappa shape index (κ3) is 4.19. The van der Waals surface area contributed by atoms with E-state index >= 15 is 0 Å². The van der Waals surface area contributed by atoms with Crippen LogP contribution in [0.25, 0.3) is 0 Å². The van der Waals surface area contributed by atoms with Crippen LogP contribution in [0.15, 0.2) is 24.3 Å². The first-order valence-corrected chi connectivity index (χ1v) is 8.04. The fourth-order valence-electron chi connectivity index (χ4n) is 2.03. The molecule has 5 heteroatoms. The highest BCUT2D eigenvalue weighted by atomic mass is 32.1. The molecule has 2 aromatic rings. The fraction of sp³-hybridized carbons (Fsp3) is 0.438. The molecule has 0 aliphatic heterocycles. The predicted molar refractivity (Wildman–Crippen MR) is 86.2 cm³/mol. The van der Waals surface area contributed by atoms with Gasteiger partial charge in [-0.3, -0.25) is 0 Å². The quantitative estimate of drug-likeness (QED) is 0.812. The van der Waals surface area contributed by atoms with Crippen molar-refractivity contribution in [2.24, 2.45) is 0 Å².